The highest BCUT2D eigenvalue weighted by atomic mass is 19.1. The van der Waals surface area contributed by atoms with Crippen molar-refractivity contribution in [3.63, 3.8) is 0 Å². The Morgan fingerprint density at radius 2 is 1.88 bits per heavy atom. The molecule has 4 nitrogen and oxygen atoms in total. The van der Waals surface area contributed by atoms with Gasteiger partial charge in [-0.15, -0.1) is 0 Å². The number of aryl methyl sites for hydroxylation is 1. The lowest BCUT2D eigenvalue weighted by Crippen LogP contribution is -2.17. The molecule has 3 aromatic rings. The molecule has 1 aliphatic rings. The zero-order chi connectivity index (χ0) is 17.9. The maximum atomic E-state index is 13.7. The SMILES string of the molecule is Cc1nc(NCCc2ccccc2F)cc(N2CCc3ccccc32)n1. The summed E-state index contributed by atoms with van der Waals surface area (Å²) in [4.78, 5) is 11.3. The molecule has 0 aliphatic carbocycles. The van der Waals surface area contributed by atoms with Crippen molar-refractivity contribution in [1.29, 1.82) is 0 Å². The fraction of sp³-hybridized carbons (Fsp3) is 0.238. The largest absolute Gasteiger partial charge is 0.370 e. The number of fused-ring (bicyclic) bond motifs is 1. The minimum atomic E-state index is -0.164. The number of halogens is 1. The van der Waals surface area contributed by atoms with Crippen LogP contribution in [0, 0.1) is 12.7 Å². The van der Waals surface area contributed by atoms with Gasteiger partial charge in [0.1, 0.15) is 23.3 Å². The molecule has 1 aromatic heterocycles. The van der Waals surface area contributed by atoms with Crippen molar-refractivity contribution in [1.82, 2.24) is 9.97 Å². The summed E-state index contributed by atoms with van der Waals surface area (Å²) in [5.74, 6) is 2.23. The number of hydrogen-bond donors (Lipinski definition) is 1. The molecule has 0 saturated heterocycles. The minimum absolute atomic E-state index is 0.164. The predicted octanol–water partition coefficient (Wildman–Crippen LogP) is 4.27. The molecule has 1 aliphatic heterocycles. The average Bonchev–Trinajstić information content (AvgIpc) is 3.07. The van der Waals surface area contributed by atoms with E-state index in [1.807, 2.05) is 25.1 Å². The molecule has 0 bridgehead atoms. The van der Waals surface area contributed by atoms with Gasteiger partial charge in [-0.1, -0.05) is 36.4 Å². The summed E-state index contributed by atoms with van der Waals surface area (Å²) in [6.45, 7) is 3.44. The van der Waals surface area contributed by atoms with E-state index >= 15 is 0 Å². The molecule has 0 fully saturated rings. The third kappa shape index (κ3) is 3.38. The molecule has 0 radical (unpaired) electrons. The number of aromatic nitrogens is 2. The van der Waals surface area contributed by atoms with Crippen molar-refractivity contribution < 1.29 is 4.39 Å². The molecule has 0 atom stereocenters. The van der Waals surface area contributed by atoms with E-state index in [2.05, 4.69) is 44.5 Å². The highest BCUT2D eigenvalue weighted by Gasteiger charge is 2.21. The van der Waals surface area contributed by atoms with Gasteiger partial charge in [0.15, 0.2) is 0 Å². The number of benzene rings is 2. The molecule has 4 rings (SSSR count). The van der Waals surface area contributed by atoms with E-state index in [4.69, 9.17) is 0 Å². The van der Waals surface area contributed by atoms with Crippen LogP contribution in [-0.2, 0) is 12.8 Å². The fourth-order valence-corrected chi connectivity index (χ4v) is 3.38. The van der Waals surface area contributed by atoms with Gasteiger partial charge in [0, 0.05) is 24.8 Å². The third-order valence-electron chi connectivity index (χ3n) is 4.65. The van der Waals surface area contributed by atoms with Crippen LogP contribution in [0.4, 0.5) is 21.7 Å². The second kappa shape index (κ2) is 7.12. The first kappa shape index (κ1) is 16.5. The van der Waals surface area contributed by atoms with E-state index < -0.39 is 0 Å². The highest BCUT2D eigenvalue weighted by molar-refractivity contribution is 5.68. The molecular weight excluding hydrogens is 327 g/mol. The Hall–Kier alpha value is -2.95. The lowest BCUT2D eigenvalue weighted by molar-refractivity contribution is 0.610. The quantitative estimate of drug-likeness (QED) is 0.747. The van der Waals surface area contributed by atoms with E-state index in [1.165, 1.54) is 17.3 Å². The van der Waals surface area contributed by atoms with Crippen LogP contribution < -0.4 is 10.2 Å². The fourth-order valence-electron chi connectivity index (χ4n) is 3.38. The molecule has 0 spiro atoms. The van der Waals surface area contributed by atoms with Crippen LogP contribution >= 0.6 is 0 Å². The molecule has 2 aromatic carbocycles. The number of para-hydroxylation sites is 1. The van der Waals surface area contributed by atoms with E-state index in [0.717, 1.165) is 30.4 Å². The van der Waals surface area contributed by atoms with Gasteiger partial charge >= 0.3 is 0 Å². The summed E-state index contributed by atoms with van der Waals surface area (Å²) in [6.07, 6.45) is 1.63. The monoisotopic (exact) mass is 348 g/mol. The Morgan fingerprint density at radius 1 is 1.08 bits per heavy atom. The number of nitrogens with one attached hydrogen (secondary N) is 1. The van der Waals surface area contributed by atoms with Crippen LogP contribution in [0.2, 0.25) is 0 Å². The molecule has 0 amide bonds. The standard InChI is InChI=1S/C21H21FN4/c1-15-24-20(23-12-10-16-6-2-4-8-18(16)22)14-21(25-15)26-13-11-17-7-3-5-9-19(17)26/h2-9,14H,10-13H2,1H3,(H,23,24,25). The molecule has 132 valence electrons. The van der Waals surface area contributed by atoms with Gasteiger partial charge in [0.25, 0.3) is 0 Å². The summed E-state index contributed by atoms with van der Waals surface area (Å²) in [5, 5.41) is 3.30. The van der Waals surface area contributed by atoms with Gasteiger partial charge in [0.05, 0.1) is 0 Å². The normalized spacial score (nSPS) is 12.9. The van der Waals surface area contributed by atoms with E-state index in [9.17, 15) is 4.39 Å². The van der Waals surface area contributed by atoms with Crippen molar-refractivity contribution in [3.8, 4) is 0 Å². The summed E-state index contributed by atoms with van der Waals surface area (Å²) in [5.41, 5.74) is 3.26. The van der Waals surface area contributed by atoms with Gasteiger partial charge < -0.3 is 10.2 Å². The topological polar surface area (TPSA) is 41.1 Å². The molecule has 5 heteroatoms. The van der Waals surface area contributed by atoms with Gasteiger partial charge in [-0.25, -0.2) is 14.4 Å². The van der Waals surface area contributed by atoms with E-state index in [0.29, 0.717) is 18.5 Å². The van der Waals surface area contributed by atoms with E-state index in [-0.39, 0.29) is 5.82 Å². The van der Waals surface area contributed by atoms with Crippen molar-refractivity contribution in [2.45, 2.75) is 19.8 Å². The Bertz CT molecular complexity index is 925. The van der Waals surface area contributed by atoms with Crippen LogP contribution in [0.1, 0.15) is 17.0 Å². The van der Waals surface area contributed by atoms with Crippen LogP contribution in [0.15, 0.2) is 54.6 Å². The summed E-state index contributed by atoms with van der Waals surface area (Å²) >= 11 is 0. The summed E-state index contributed by atoms with van der Waals surface area (Å²) < 4.78 is 13.7. The van der Waals surface area contributed by atoms with Crippen LogP contribution in [0.25, 0.3) is 0 Å². The summed E-state index contributed by atoms with van der Waals surface area (Å²) in [7, 11) is 0. The minimum Gasteiger partial charge on any atom is -0.370 e. The van der Waals surface area contributed by atoms with Gasteiger partial charge in [-0.05, 0) is 43.0 Å². The maximum absolute atomic E-state index is 13.7. The smallest absolute Gasteiger partial charge is 0.138 e. The molecule has 0 unspecified atom stereocenters. The van der Waals surface area contributed by atoms with Crippen molar-refractivity contribution >= 4 is 17.3 Å². The van der Waals surface area contributed by atoms with Crippen molar-refractivity contribution in [3.05, 3.63) is 77.4 Å². The lowest BCUT2D eigenvalue weighted by atomic mass is 10.1. The lowest BCUT2D eigenvalue weighted by Gasteiger charge is -2.19. The molecule has 26 heavy (non-hydrogen) atoms. The second-order valence-electron chi connectivity index (χ2n) is 6.46. The van der Waals surface area contributed by atoms with Crippen molar-refractivity contribution in [2.75, 3.05) is 23.3 Å². The van der Waals surface area contributed by atoms with Gasteiger partial charge in [-0.2, -0.15) is 0 Å². The number of hydrogen-bond acceptors (Lipinski definition) is 4. The Morgan fingerprint density at radius 3 is 2.77 bits per heavy atom. The van der Waals surface area contributed by atoms with Crippen LogP contribution in [0.5, 0.6) is 0 Å². The van der Waals surface area contributed by atoms with Crippen LogP contribution in [0.3, 0.4) is 0 Å². The van der Waals surface area contributed by atoms with Gasteiger partial charge in [-0.3, -0.25) is 0 Å². The zero-order valence-corrected chi connectivity index (χ0v) is 14.7. The first-order chi connectivity index (χ1) is 12.7. The maximum Gasteiger partial charge on any atom is 0.138 e. The molecule has 1 N–H and O–H groups in total. The predicted molar refractivity (Wildman–Crippen MR) is 103 cm³/mol. The zero-order valence-electron chi connectivity index (χ0n) is 14.7. The van der Waals surface area contributed by atoms with Gasteiger partial charge in [0.2, 0.25) is 0 Å². The molecule has 0 saturated carbocycles. The van der Waals surface area contributed by atoms with Crippen LogP contribution in [-0.4, -0.2) is 23.1 Å². The van der Waals surface area contributed by atoms with E-state index in [1.54, 1.807) is 6.07 Å². The Labute approximate surface area is 152 Å². The third-order valence-corrected chi connectivity index (χ3v) is 4.65. The number of nitrogens with zero attached hydrogens (tertiary/aromatic N) is 3. The Kier molecular flexibility index (Phi) is 4.52. The second-order valence-corrected chi connectivity index (χ2v) is 6.46. The summed E-state index contributed by atoms with van der Waals surface area (Å²) in [6, 6.07) is 17.3. The average molecular weight is 348 g/mol. The number of anilines is 3. The first-order valence-corrected chi connectivity index (χ1v) is 8.89. The number of rotatable bonds is 5. The molecule has 2 heterocycles. The molecular formula is C21H21FN4. The van der Waals surface area contributed by atoms with Crippen molar-refractivity contribution in [2.24, 2.45) is 0 Å². The Balaban J connectivity index is 1.50. The highest BCUT2D eigenvalue weighted by Crippen LogP contribution is 2.33. The first-order valence-electron chi connectivity index (χ1n) is 8.89.